The number of thioether (sulfide) groups is 1. The second-order valence-corrected chi connectivity index (χ2v) is 7.25. The van der Waals surface area contributed by atoms with Crippen LogP contribution < -0.4 is 5.32 Å². The number of hydrogen-bond acceptors (Lipinski definition) is 7. The Kier molecular flexibility index (Phi) is 5.94. The molecule has 1 N–H and O–H groups in total. The lowest BCUT2D eigenvalue weighted by molar-refractivity contribution is -0.113. The summed E-state index contributed by atoms with van der Waals surface area (Å²) in [6.45, 7) is 4.59. The second-order valence-electron chi connectivity index (χ2n) is 5.25. The zero-order chi connectivity index (χ0) is 18.5. The van der Waals surface area contributed by atoms with Gasteiger partial charge in [0.2, 0.25) is 11.0 Å². The Morgan fingerprint density at radius 2 is 1.96 bits per heavy atom. The standard InChI is InChI=1S/C16H17FN6OS2/c1-3-13-19-21-15(26-13)18-12(24)9-25-16-22-20-14(23(16)4-2)10-5-7-11(17)8-6-10/h5-8H,3-4,9H2,1-2H3,(H,18,21,24). The number of anilines is 1. The van der Waals surface area contributed by atoms with E-state index < -0.39 is 0 Å². The number of hydrogen-bond donors (Lipinski definition) is 1. The number of aryl methyl sites for hydroxylation is 1. The SMILES string of the molecule is CCc1nnc(NC(=O)CSc2nnc(-c3ccc(F)cc3)n2CC)s1. The zero-order valence-electron chi connectivity index (χ0n) is 14.3. The summed E-state index contributed by atoms with van der Waals surface area (Å²) in [5.74, 6) is 0.350. The number of amides is 1. The molecule has 0 aliphatic rings. The van der Waals surface area contributed by atoms with Gasteiger partial charge in [0.15, 0.2) is 11.0 Å². The Bertz CT molecular complexity index is 893. The molecule has 0 aliphatic carbocycles. The molecule has 2 aromatic heterocycles. The van der Waals surface area contributed by atoms with Gasteiger partial charge in [-0.3, -0.25) is 10.1 Å². The molecule has 0 saturated heterocycles. The molecule has 0 aliphatic heterocycles. The number of carbonyl (C=O) groups is 1. The van der Waals surface area contributed by atoms with Crippen molar-refractivity contribution in [2.24, 2.45) is 0 Å². The van der Waals surface area contributed by atoms with Gasteiger partial charge < -0.3 is 4.57 Å². The predicted molar refractivity (Wildman–Crippen MR) is 99.7 cm³/mol. The molecule has 1 aromatic carbocycles. The maximum atomic E-state index is 13.1. The van der Waals surface area contributed by atoms with Crippen LogP contribution in [0.5, 0.6) is 0 Å². The number of carbonyl (C=O) groups excluding carboxylic acids is 1. The first kappa shape index (κ1) is 18.5. The van der Waals surface area contributed by atoms with Crippen LogP contribution in [-0.2, 0) is 17.8 Å². The molecule has 10 heteroatoms. The monoisotopic (exact) mass is 392 g/mol. The quantitative estimate of drug-likeness (QED) is 0.621. The van der Waals surface area contributed by atoms with E-state index in [0.717, 1.165) is 17.0 Å². The molecule has 3 rings (SSSR count). The van der Waals surface area contributed by atoms with Crippen molar-refractivity contribution >= 4 is 34.1 Å². The van der Waals surface area contributed by atoms with E-state index in [1.807, 2.05) is 18.4 Å². The van der Waals surface area contributed by atoms with Crippen molar-refractivity contribution in [1.82, 2.24) is 25.0 Å². The fourth-order valence-electron chi connectivity index (χ4n) is 2.23. The average Bonchev–Trinajstić information content (AvgIpc) is 3.26. The Morgan fingerprint density at radius 1 is 1.19 bits per heavy atom. The fraction of sp³-hybridized carbons (Fsp3) is 0.312. The van der Waals surface area contributed by atoms with Gasteiger partial charge in [0, 0.05) is 12.1 Å². The van der Waals surface area contributed by atoms with Gasteiger partial charge in [0.05, 0.1) is 5.75 Å². The Hall–Kier alpha value is -2.33. The van der Waals surface area contributed by atoms with Gasteiger partial charge >= 0.3 is 0 Å². The first-order valence-electron chi connectivity index (χ1n) is 8.04. The maximum absolute atomic E-state index is 13.1. The first-order valence-corrected chi connectivity index (χ1v) is 9.85. The van der Waals surface area contributed by atoms with E-state index in [1.54, 1.807) is 12.1 Å². The van der Waals surface area contributed by atoms with E-state index in [-0.39, 0.29) is 17.5 Å². The van der Waals surface area contributed by atoms with E-state index in [1.165, 1.54) is 35.2 Å². The lowest BCUT2D eigenvalue weighted by Crippen LogP contribution is -2.14. The Morgan fingerprint density at radius 3 is 2.62 bits per heavy atom. The number of halogens is 1. The highest BCUT2D eigenvalue weighted by molar-refractivity contribution is 7.99. The highest BCUT2D eigenvalue weighted by atomic mass is 32.2. The summed E-state index contributed by atoms with van der Waals surface area (Å²) in [6.07, 6.45) is 0.786. The minimum atomic E-state index is -0.300. The molecular weight excluding hydrogens is 375 g/mol. The largest absolute Gasteiger partial charge is 0.302 e. The molecule has 0 unspecified atom stereocenters. The van der Waals surface area contributed by atoms with Gasteiger partial charge in [0.25, 0.3) is 0 Å². The highest BCUT2D eigenvalue weighted by Gasteiger charge is 2.15. The molecule has 0 saturated carbocycles. The van der Waals surface area contributed by atoms with Gasteiger partial charge in [-0.25, -0.2) is 4.39 Å². The van der Waals surface area contributed by atoms with Crippen LogP contribution in [0, 0.1) is 5.82 Å². The van der Waals surface area contributed by atoms with Crippen LogP contribution in [0.15, 0.2) is 29.4 Å². The summed E-state index contributed by atoms with van der Waals surface area (Å²) < 4.78 is 15.0. The smallest absolute Gasteiger partial charge is 0.236 e. The third kappa shape index (κ3) is 4.25. The van der Waals surface area contributed by atoms with Gasteiger partial charge in [0.1, 0.15) is 10.8 Å². The van der Waals surface area contributed by atoms with Crippen molar-refractivity contribution in [3.05, 3.63) is 35.1 Å². The molecule has 0 radical (unpaired) electrons. The summed E-state index contributed by atoms with van der Waals surface area (Å²) in [7, 11) is 0. The zero-order valence-corrected chi connectivity index (χ0v) is 15.9. The molecular formula is C16H17FN6OS2. The van der Waals surface area contributed by atoms with E-state index in [2.05, 4.69) is 25.7 Å². The third-order valence-electron chi connectivity index (χ3n) is 3.48. The maximum Gasteiger partial charge on any atom is 0.236 e. The third-order valence-corrected chi connectivity index (χ3v) is 5.43. The van der Waals surface area contributed by atoms with Crippen LogP contribution in [0.2, 0.25) is 0 Å². The van der Waals surface area contributed by atoms with Crippen molar-refractivity contribution in [2.45, 2.75) is 32.0 Å². The van der Waals surface area contributed by atoms with Crippen LogP contribution in [0.25, 0.3) is 11.4 Å². The number of nitrogens with one attached hydrogen (secondary N) is 1. The van der Waals surface area contributed by atoms with E-state index >= 15 is 0 Å². The van der Waals surface area contributed by atoms with Crippen molar-refractivity contribution in [3.8, 4) is 11.4 Å². The topological polar surface area (TPSA) is 85.6 Å². The minimum absolute atomic E-state index is 0.178. The highest BCUT2D eigenvalue weighted by Crippen LogP contribution is 2.24. The molecule has 0 bridgehead atoms. The van der Waals surface area contributed by atoms with Crippen LogP contribution in [-0.4, -0.2) is 36.6 Å². The summed E-state index contributed by atoms with van der Waals surface area (Å²) >= 11 is 2.66. The molecule has 0 spiro atoms. The second kappa shape index (κ2) is 8.37. The summed E-state index contributed by atoms with van der Waals surface area (Å²) in [5, 5.41) is 21.0. The molecule has 136 valence electrons. The fourth-order valence-corrected chi connectivity index (χ4v) is 3.72. The molecule has 3 aromatic rings. The Labute approximate surface area is 158 Å². The number of aromatic nitrogens is 5. The first-order chi connectivity index (χ1) is 12.6. The molecule has 0 atom stereocenters. The van der Waals surface area contributed by atoms with E-state index in [4.69, 9.17) is 0 Å². The molecule has 1 amide bonds. The molecule has 2 heterocycles. The van der Waals surface area contributed by atoms with Crippen LogP contribution in [0.3, 0.4) is 0 Å². The van der Waals surface area contributed by atoms with Crippen molar-refractivity contribution in [1.29, 1.82) is 0 Å². The number of nitrogens with zero attached hydrogens (tertiary/aromatic N) is 5. The van der Waals surface area contributed by atoms with Crippen LogP contribution in [0.1, 0.15) is 18.9 Å². The summed E-state index contributed by atoms with van der Waals surface area (Å²) in [6, 6.07) is 6.09. The van der Waals surface area contributed by atoms with Crippen LogP contribution >= 0.6 is 23.1 Å². The number of benzene rings is 1. The van der Waals surface area contributed by atoms with Gasteiger partial charge in [-0.15, -0.1) is 20.4 Å². The Balaban J connectivity index is 1.66. The van der Waals surface area contributed by atoms with Crippen molar-refractivity contribution in [2.75, 3.05) is 11.1 Å². The molecule has 26 heavy (non-hydrogen) atoms. The molecule has 0 fully saturated rings. The molecule has 7 nitrogen and oxygen atoms in total. The lowest BCUT2D eigenvalue weighted by Gasteiger charge is -2.07. The van der Waals surface area contributed by atoms with Crippen molar-refractivity contribution < 1.29 is 9.18 Å². The van der Waals surface area contributed by atoms with E-state index in [9.17, 15) is 9.18 Å². The number of rotatable bonds is 7. The average molecular weight is 392 g/mol. The normalized spacial score (nSPS) is 10.9. The van der Waals surface area contributed by atoms with Gasteiger partial charge in [-0.05, 0) is 37.6 Å². The summed E-state index contributed by atoms with van der Waals surface area (Å²) in [4.78, 5) is 12.1. The van der Waals surface area contributed by atoms with Crippen molar-refractivity contribution in [3.63, 3.8) is 0 Å². The lowest BCUT2D eigenvalue weighted by atomic mass is 10.2. The predicted octanol–water partition coefficient (Wildman–Crippen LogP) is 3.25. The minimum Gasteiger partial charge on any atom is -0.302 e. The van der Waals surface area contributed by atoms with Gasteiger partial charge in [-0.2, -0.15) is 0 Å². The van der Waals surface area contributed by atoms with Gasteiger partial charge in [-0.1, -0.05) is 30.0 Å². The van der Waals surface area contributed by atoms with E-state index in [0.29, 0.717) is 22.7 Å². The summed E-state index contributed by atoms with van der Waals surface area (Å²) in [5.41, 5.74) is 0.776. The van der Waals surface area contributed by atoms with Crippen LogP contribution in [0.4, 0.5) is 9.52 Å².